The highest BCUT2D eigenvalue weighted by Gasteiger charge is 2.21. The molecule has 4 heteroatoms. The van der Waals surface area contributed by atoms with Crippen LogP contribution in [-0.4, -0.2) is 24.5 Å². The Morgan fingerprint density at radius 3 is 2.89 bits per heavy atom. The van der Waals surface area contributed by atoms with Crippen molar-refractivity contribution < 1.29 is 9.18 Å². The Kier molecular flexibility index (Phi) is 4.53. The molecule has 104 valence electrons. The van der Waals surface area contributed by atoms with E-state index in [2.05, 4.69) is 10.6 Å². The fourth-order valence-corrected chi connectivity index (χ4v) is 2.43. The highest BCUT2D eigenvalue weighted by atomic mass is 19.1. The highest BCUT2D eigenvalue weighted by Crippen LogP contribution is 2.12. The monoisotopic (exact) mass is 264 g/mol. The van der Waals surface area contributed by atoms with Gasteiger partial charge >= 0.3 is 0 Å². The van der Waals surface area contributed by atoms with Gasteiger partial charge in [0, 0.05) is 17.6 Å². The van der Waals surface area contributed by atoms with Gasteiger partial charge in [-0.2, -0.15) is 0 Å². The van der Waals surface area contributed by atoms with Crippen LogP contribution in [-0.2, 0) is 0 Å². The third-order valence-electron chi connectivity index (χ3n) is 3.74. The second kappa shape index (κ2) is 6.15. The molecule has 2 rings (SSSR count). The van der Waals surface area contributed by atoms with Crippen molar-refractivity contribution in [3.05, 3.63) is 35.1 Å². The van der Waals surface area contributed by atoms with Crippen LogP contribution < -0.4 is 10.6 Å². The minimum atomic E-state index is -0.337. The average Bonchev–Trinajstić information content (AvgIpc) is 2.42. The predicted octanol–water partition coefficient (Wildman–Crippen LogP) is 2.39. The Balaban J connectivity index is 1.97. The number of amides is 1. The van der Waals surface area contributed by atoms with Crippen molar-refractivity contribution in [3.8, 4) is 0 Å². The summed E-state index contributed by atoms with van der Waals surface area (Å²) >= 11 is 0. The van der Waals surface area contributed by atoms with Gasteiger partial charge in [-0.15, -0.1) is 0 Å². The Morgan fingerprint density at radius 1 is 1.47 bits per heavy atom. The maximum Gasteiger partial charge on any atom is 0.251 e. The van der Waals surface area contributed by atoms with Crippen molar-refractivity contribution in [2.75, 3.05) is 6.54 Å². The standard InChI is InChI=1S/C15H21FN2O/c1-10-6-7-12(9-13(10)16)15(19)18-11(2)14-5-3-4-8-17-14/h6-7,9,11,14,17H,3-5,8H2,1-2H3,(H,18,19). The zero-order valence-electron chi connectivity index (χ0n) is 11.5. The average molecular weight is 264 g/mol. The first-order valence-corrected chi connectivity index (χ1v) is 6.88. The molecule has 1 aromatic rings. The summed E-state index contributed by atoms with van der Waals surface area (Å²) in [5.41, 5.74) is 0.935. The van der Waals surface area contributed by atoms with E-state index >= 15 is 0 Å². The number of carbonyl (C=O) groups is 1. The lowest BCUT2D eigenvalue weighted by Gasteiger charge is -2.29. The number of carbonyl (C=O) groups excluding carboxylic acids is 1. The smallest absolute Gasteiger partial charge is 0.251 e. The lowest BCUT2D eigenvalue weighted by atomic mass is 9.99. The predicted molar refractivity (Wildman–Crippen MR) is 73.7 cm³/mol. The lowest BCUT2D eigenvalue weighted by molar-refractivity contribution is 0.0927. The van der Waals surface area contributed by atoms with E-state index in [9.17, 15) is 9.18 Å². The number of hydrogen-bond acceptors (Lipinski definition) is 2. The van der Waals surface area contributed by atoms with E-state index in [0.29, 0.717) is 17.2 Å². The van der Waals surface area contributed by atoms with Crippen molar-refractivity contribution in [2.45, 2.75) is 45.2 Å². The molecular formula is C15H21FN2O. The van der Waals surface area contributed by atoms with Crippen LogP contribution in [0.25, 0.3) is 0 Å². The second-order valence-corrected chi connectivity index (χ2v) is 5.28. The van der Waals surface area contributed by atoms with Gasteiger partial charge in [-0.05, 0) is 50.9 Å². The summed E-state index contributed by atoms with van der Waals surface area (Å²) in [5.74, 6) is -0.546. The molecule has 2 N–H and O–H groups in total. The molecule has 2 atom stereocenters. The molecule has 0 bridgehead atoms. The third kappa shape index (κ3) is 3.53. The number of aryl methyl sites for hydroxylation is 1. The lowest BCUT2D eigenvalue weighted by Crippen LogP contribution is -2.50. The zero-order valence-corrected chi connectivity index (χ0v) is 11.5. The minimum Gasteiger partial charge on any atom is -0.348 e. The molecular weight excluding hydrogens is 243 g/mol. The quantitative estimate of drug-likeness (QED) is 0.880. The third-order valence-corrected chi connectivity index (χ3v) is 3.74. The van der Waals surface area contributed by atoms with E-state index in [4.69, 9.17) is 0 Å². The molecule has 19 heavy (non-hydrogen) atoms. The summed E-state index contributed by atoms with van der Waals surface area (Å²) < 4.78 is 13.4. The molecule has 1 aromatic carbocycles. The Bertz CT molecular complexity index is 455. The van der Waals surface area contributed by atoms with Gasteiger partial charge in [-0.3, -0.25) is 4.79 Å². The minimum absolute atomic E-state index is 0.0529. The van der Waals surface area contributed by atoms with Gasteiger partial charge in [-0.25, -0.2) is 4.39 Å². The van der Waals surface area contributed by atoms with Crippen molar-refractivity contribution in [1.82, 2.24) is 10.6 Å². The van der Waals surface area contributed by atoms with Gasteiger partial charge < -0.3 is 10.6 Å². The van der Waals surface area contributed by atoms with Gasteiger partial charge in [-0.1, -0.05) is 12.5 Å². The molecule has 1 heterocycles. The second-order valence-electron chi connectivity index (χ2n) is 5.28. The van der Waals surface area contributed by atoms with Crippen molar-refractivity contribution in [2.24, 2.45) is 0 Å². The van der Waals surface area contributed by atoms with Gasteiger partial charge in [0.2, 0.25) is 0 Å². The topological polar surface area (TPSA) is 41.1 Å². The zero-order chi connectivity index (χ0) is 13.8. The summed E-state index contributed by atoms with van der Waals surface area (Å²) in [5, 5.41) is 6.35. The van der Waals surface area contributed by atoms with Crippen LogP contribution in [0.1, 0.15) is 42.1 Å². The molecule has 1 saturated heterocycles. The van der Waals surface area contributed by atoms with Crippen molar-refractivity contribution in [1.29, 1.82) is 0 Å². The number of rotatable bonds is 3. The molecule has 0 aliphatic carbocycles. The first kappa shape index (κ1) is 14.0. The molecule has 0 spiro atoms. The van der Waals surface area contributed by atoms with Crippen LogP contribution in [0.5, 0.6) is 0 Å². The van der Waals surface area contributed by atoms with Crippen LogP contribution in [0.4, 0.5) is 4.39 Å². The Hall–Kier alpha value is -1.42. The van der Waals surface area contributed by atoms with Crippen molar-refractivity contribution >= 4 is 5.91 Å². The largest absolute Gasteiger partial charge is 0.348 e. The molecule has 1 amide bonds. The molecule has 0 saturated carbocycles. The summed E-state index contributed by atoms with van der Waals surface area (Å²) in [6.07, 6.45) is 3.46. The first-order valence-electron chi connectivity index (χ1n) is 6.88. The molecule has 1 aliphatic rings. The highest BCUT2D eigenvalue weighted by molar-refractivity contribution is 5.94. The van der Waals surface area contributed by atoms with Crippen LogP contribution >= 0.6 is 0 Å². The summed E-state index contributed by atoms with van der Waals surface area (Å²) in [7, 11) is 0. The maximum atomic E-state index is 13.4. The van der Waals surface area contributed by atoms with Crippen LogP contribution in [0, 0.1) is 12.7 Å². The van der Waals surface area contributed by atoms with Crippen LogP contribution in [0.3, 0.4) is 0 Å². The van der Waals surface area contributed by atoms with E-state index < -0.39 is 0 Å². The Labute approximate surface area is 113 Å². The normalized spacial score (nSPS) is 20.9. The van der Waals surface area contributed by atoms with E-state index in [1.165, 1.54) is 18.9 Å². The van der Waals surface area contributed by atoms with Crippen molar-refractivity contribution in [3.63, 3.8) is 0 Å². The number of hydrogen-bond donors (Lipinski definition) is 2. The summed E-state index contributed by atoms with van der Waals surface area (Å²) in [6.45, 7) is 4.68. The van der Waals surface area contributed by atoms with E-state index in [1.807, 2.05) is 6.92 Å². The molecule has 0 aromatic heterocycles. The molecule has 2 unspecified atom stereocenters. The number of nitrogens with one attached hydrogen (secondary N) is 2. The van der Waals surface area contributed by atoms with Gasteiger partial charge in [0.25, 0.3) is 5.91 Å². The fraction of sp³-hybridized carbons (Fsp3) is 0.533. The van der Waals surface area contributed by atoms with Gasteiger partial charge in [0.05, 0.1) is 0 Å². The van der Waals surface area contributed by atoms with E-state index in [1.54, 1.807) is 19.1 Å². The maximum absolute atomic E-state index is 13.4. The van der Waals surface area contributed by atoms with E-state index in [0.717, 1.165) is 13.0 Å². The number of halogens is 1. The molecule has 1 aliphatic heterocycles. The fourth-order valence-electron chi connectivity index (χ4n) is 2.43. The first-order chi connectivity index (χ1) is 9.08. The molecule has 0 radical (unpaired) electrons. The SMILES string of the molecule is Cc1ccc(C(=O)NC(C)C2CCCCN2)cc1F. The van der Waals surface area contributed by atoms with Gasteiger partial charge in [0.15, 0.2) is 0 Å². The summed E-state index contributed by atoms with van der Waals surface area (Å²) in [4.78, 5) is 12.1. The number of piperidine rings is 1. The van der Waals surface area contributed by atoms with Crippen LogP contribution in [0.2, 0.25) is 0 Å². The molecule has 1 fully saturated rings. The number of benzene rings is 1. The van der Waals surface area contributed by atoms with E-state index in [-0.39, 0.29) is 17.8 Å². The molecule has 3 nitrogen and oxygen atoms in total. The Morgan fingerprint density at radius 2 is 2.26 bits per heavy atom. The van der Waals surface area contributed by atoms with Crippen LogP contribution in [0.15, 0.2) is 18.2 Å². The summed E-state index contributed by atoms with van der Waals surface area (Å²) in [6, 6.07) is 4.96. The van der Waals surface area contributed by atoms with Gasteiger partial charge in [0.1, 0.15) is 5.82 Å².